The van der Waals surface area contributed by atoms with E-state index in [9.17, 15) is 4.79 Å². The van der Waals surface area contributed by atoms with E-state index in [1.54, 1.807) is 0 Å². The van der Waals surface area contributed by atoms with Gasteiger partial charge in [-0.1, -0.05) is 0 Å². The van der Waals surface area contributed by atoms with Crippen LogP contribution in [0.25, 0.3) is 0 Å². The lowest BCUT2D eigenvalue weighted by molar-refractivity contribution is -0.126. The molecule has 0 saturated heterocycles. The molecule has 0 bridgehead atoms. The molecule has 13 heavy (non-hydrogen) atoms. The summed E-state index contributed by atoms with van der Waals surface area (Å²) in [6, 6.07) is 0.278. The molecule has 0 aromatic heterocycles. The molecule has 2 rings (SSSR count). The number of halogens is 1. The van der Waals surface area contributed by atoms with Crippen LogP contribution in [-0.2, 0) is 4.79 Å². The molecule has 0 aromatic carbocycles. The summed E-state index contributed by atoms with van der Waals surface area (Å²) >= 11 is -0.170. The van der Waals surface area contributed by atoms with Crippen LogP contribution in [0.1, 0.15) is 13.8 Å². The first-order valence-electron chi connectivity index (χ1n) is 4.24. The van der Waals surface area contributed by atoms with Crippen molar-refractivity contribution < 1.29 is 4.79 Å². The molecule has 4 heteroatoms. The van der Waals surface area contributed by atoms with E-state index in [0.29, 0.717) is 0 Å². The van der Waals surface area contributed by atoms with Crippen LogP contribution in [0.15, 0.2) is 24.6 Å². The second-order valence-electron chi connectivity index (χ2n) is 3.36. The number of hydrogen-bond acceptors (Lipinski definition) is 2. The van der Waals surface area contributed by atoms with Crippen molar-refractivity contribution in [2.75, 3.05) is 6.54 Å². The maximum Gasteiger partial charge on any atom is 0.256 e. The van der Waals surface area contributed by atoms with Crippen LogP contribution in [0.5, 0.6) is 0 Å². The predicted molar refractivity (Wildman–Crippen MR) is 59.5 cm³/mol. The molecule has 3 nitrogen and oxygen atoms in total. The van der Waals surface area contributed by atoms with Crippen LogP contribution < -0.4 is 0 Å². The second kappa shape index (κ2) is 3.32. The van der Waals surface area contributed by atoms with Crippen molar-refractivity contribution in [3.63, 3.8) is 0 Å². The molecule has 0 saturated carbocycles. The maximum atomic E-state index is 11.8. The largest absolute Gasteiger partial charge is 0.330 e. The van der Waals surface area contributed by atoms with Crippen molar-refractivity contribution in [2.24, 2.45) is 3.15 Å². The van der Waals surface area contributed by atoms with Gasteiger partial charge in [0.25, 0.3) is 5.91 Å². The standard InChI is InChI=1S/C9H11IN2O/c1-6(2)12-5-8-7(9(12)13)3-4-10-11-8/h3-4,6H,5H2,1-2H3. The van der Waals surface area contributed by atoms with Gasteiger partial charge in [0.15, 0.2) is 0 Å². The van der Waals surface area contributed by atoms with Crippen molar-refractivity contribution in [3.05, 3.63) is 21.4 Å². The van der Waals surface area contributed by atoms with E-state index < -0.39 is 0 Å². The highest BCUT2D eigenvalue weighted by molar-refractivity contribution is 14.2. The van der Waals surface area contributed by atoms with Crippen molar-refractivity contribution in [1.29, 1.82) is 0 Å². The Morgan fingerprint density at radius 1 is 1.62 bits per heavy atom. The monoisotopic (exact) mass is 290 g/mol. The molecular formula is C9H11IN2O. The fraction of sp³-hybridized carbons (Fsp3) is 0.444. The van der Waals surface area contributed by atoms with Crippen molar-refractivity contribution in [2.45, 2.75) is 19.9 Å². The first kappa shape index (κ1) is 9.05. The van der Waals surface area contributed by atoms with Gasteiger partial charge in [-0.05, 0) is 24.0 Å². The molecule has 0 spiro atoms. The molecule has 70 valence electrons. The first-order chi connectivity index (χ1) is 6.20. The zero-order chi connectivity index (χ0) is 9.42. The minimum absolute atomic E-state index is 0.147. The quantitative estimate of drug-likeness (QED) is 0.681. The van der Waals surface area contributed by atoms with Gasteiger partial charge in [0, 0.05) is 27.1 Å². The summed E-state index contributed by atoms with van der Waals surface area (Å²) in [5, 5.41) is 0. The molecule has 0 aliphatic carbocycles. The van der Waals surface area contributed by atoms with Crippen LogP contribution in [0.4, 0.5) is 0 Å². The topological polar surface area (TPSA) is 32.7 Å². The summed E-state index contributed by atoms with van der Waals surface area (Å²) < 4.78 is 6.46. The lowest BCUT2D eigenvalue weighted by Gasteiger charge is -2.20. The molecule has 0 aromatic rings. The van der Waals surface area contributed by atoms with E-state index in [-0.39, 0.29) is 33.0 Å². The molecule has 2 aliphatic heterocycles. The SMILES string of the molecule is CC(C)N1CC2=C(C=CI=N2)C1=O. The number of carbonyl (C=O) groups is 1. The minimum Gasteiger partial charge on any atom is -0.330 e. The molecule has 0 fully saturated rings. The Kier molecular flexibility index (Phi) is 2.31. The fourth-order valence-electron chi connectivity index (χ4n) is 1.43. The van der Waals surface area contributed by atoms with Crippen molar-refractivity contribution >= 4 is 26.9 Å². The van der Waals surface area contributed by atoms with Gasteiger partial charge in [0.05, 0.1) is 17.8 Å². The molecule has 1 amide bonds. The van der Waals surface area contributed by atoms with Gasteiger partial charge in [-0.25, -0.2) is 3.15 Å². The lowest BCUT2D eigenvalue weighted by Crippen LogP contribution is -2.33. The van der Waals surface area contributed by atoms with E-state index >= 15 is 0 Å². The Hall–Kier alpha value is -0.520. The third kappa shape index (κ3) is 1.47. The highest BCUT2D eigenvalue weighted by atomic mass is 127. The Bertz CT molecular complexity index is 342. The van der Waals surface area contributed by atoms with E-state index in [4.69, 9.17) is 0 Å². The predicted octanol–water partition coefficient (Wildman–Crippen LogP) is 2.17. The third-order valence-electron chi connectivity index (χ3n) is 2.18. The zero-order valence-corrected chi connectivity index (χ0v) is 9.78. The number of nitrogens with zero attached hydrogens (tertiary/aromatic N) is 2. The van der Waals surface area contributed by atoms with Crippen LogP contribution in [0.2, 0.25) is 0 Å². The Morgan fingerprint density at radius 2 is 2.38 bits per heavy atom. The van der Waals surface area contributed by atoms with E-state index in [2.05, 4.69) is 3.15 Å². The minimum atomic E-state index is -0.170. The molecule has 0 radical (unpaired) electrons. The van der Waals surface area contributed by atoms with Crippen LogP contribution in [-0.4, -0.2) is 23.4 Å². The summed E-state index contributed by atoms with van der Waals surface area (Å²) in [4.78, 5) is 13.6. The average Bonchev–Trinajstić information content (AvgIpc) is 2.45. The summed E-state index contributed by atoms with van der Waals surface area (Å²) in [5.74, 6) is 0.147. The van der Waals surface area contributed by atoms with Gasteiger partial charge >= 0.3 is 0 Å². The molecule has 2 heterocycles. The molecular weight excluding hydrogens is 279 g/mol. The first-order valence-corrected chi connectivity index (χ1v) is 6.45. The highest BCUT2D eigenvalue weighted by Crippen LogP contribution is 2.29. The van der Waals surface area contributed by atoms with E-state index in [1.165, 1.54) is 0 Å². The number of hydrogen-bond donors (Lipinski definition) is 0. The molecule has 0 atom stereocenters. The van der Waals surface area contributed by atoms with Gasteiger partial charge in [0.2, 0.25) is 0 Å². The Balaban J connectivity index is 2.30. The van der Waals surface area contributed by atoms with Crippen LogP contribution in [0, 0.1) is 0 Å². The van der Waals surface area contributed by atoms with E-state index in [0.717, 1.165) is 17.8 Å². The number of carbonyl (C=O) groups excluding carboxylic acids is 1. The fourth-order valence-corrected chi connectivity index (χ4v) is 2.86. The van der Waals surface area contributed by atoms with Crippen LogP contribution >= 0.6 is 21.0 Å². The van der Waals surface area contributed by atoms with Crippen molar-refractivity contribution in [3.8, 4) is 0 Å². The Labute approximate surface area is 87.7 Å². The number of rotatable bonds is 1. The van der Waals surface area contributed by atoms with Crippen molar-refractivity contribution in [1.82, 2.24) is 4.90 Å². The lowest BCUT2D eigenvalue weighted by atomic mass is 10.2. The smallest absolute Gasteiger partial charge is 0.256 e. The van der Waals surface area contributed by atoms with Crippen LogP contribution in [0.3, 0.4) is 0 Å². The van der Waals surface area contributed by atoms with Gasteiger partial charge in [-0.3, -0.25) is 4.79 Å². The summed E-state index contributed by atoms with van der Waals surface area (Å²) in [5.41, 5.74) is 1.83. The average molecular weight is 290 g/mol. The van der Waals surface area contributed by atoms with Gasteiger partial charge < -0.3 is 4.90 Å². The summed E-state index contributed by atoms with van der Waals surface area (Å²) in [6.45, 7) is 4.79. The summed E-state index contributed by atoms with van der Waals surface area (Å²) in [7, 11) is 0. The maximum absolute atomic E-state index is 11.8. The second-order valence-corrected chi connectivity index (χ2v) is 5.12. The molecule has 2 aliphatic rings. The van der Waals surface area contributed by atoms with Gasteiger partial charge in [-0.15, -0.1) is 0 Å². The normalized spacial score (nSPS) is 21.2. The highest BCUT2D eigenvalue weighted by Gasteiger charge is 2.30. The van der Waals surface area contributed by atoms with Gasteiger partial charge in [0.1, 0.15) is 0 Å². The zero-order valence-electron chi connectivity index (χ0n) is 7.62. The summed E-state index contributed by atoms with van der Waals surface area (Å²) in [6.07, 6.45) is 1.94. The third-order valence-corrected chi connectivity index (χ3v) is 3.72. The van der Waals surface area contributed by atoms with E-state index in [1.807, 2.05) is 28.9 Å². The Morgan fingerprint density at radius 3 is 3.00 bits per heavy atom. The molecule has 0 unspecified atom stereocenters. The van der Waals surface area contributed by atoms with Gasteiger partial charge in [-0.2, -0.15) is 0 Å². The molecule has 0 N–H and O–H groups in total. The number of amides is 1.